The van der Waals surface area contributed by atoms with E-state index in [1.807, 2.05) is 0 Å². The van der Waals surface area contributed by atoms with E-state index < -0.39 is 16.3 Å². The molecule has 1 rings (SSSR count). The van der Waals surface area contributed by atoms with Crippen LogP contribution in [0.3, 0.4) is 0 Å². The average molecular weight is 249 g/mol. The van der Waals surface area contributed by atoms with Gasteiger partial charge in [0.05, 0.1) is 11.3 Å². The van der Waals surface area contributed by atoms with Crippen molar-refractivity contribution in [2.45, 2.75) is 9.58 Å². The summed E-state index contributed by atoms with van der Waals surface area (Å²) in [5, 5.41) is 17.9. The lowest BCUT2D eigenvalue weighted by molar-refractivity contribution is -0.484. The molecule has 82 valence electrons. The summed E-state index contributed by atoms with van der Waals surface area (Å²) in [7, 11) is 1.47. The highest BCUT2D eigenvalue weighted by atomic mass is 32.2. The van der Waals surface area contributed by atoms with Crippen LogP contribution < -0.4 is 4.74 Å². The summed E-state index contributed by atoms with van der Waals surface area (Å²) in [5.74, 6) is -1.46. The van der Waals surface area contributed by atoms with E-state index >= 15 is 0 Å². The highest BCUT2D eigenvalue weighted by molar-refractivity contribution is 8.02. The first-order valence-electron chi connectivity index (χ1n) is 3.71. The fourth-order valence-electron chi connectivity index (χ4n) is 0.770. The second kappa shape index (κ2) is 4.99. The van der Waals surface area contributed by atoms with E-state index in [2.05, 4.69) is 0 Å². The second-order valence-electron chi connectivity index (χ2n) is 2.37. The first-order chi connectivity index (χ1) is 7.04. The van der Waals surface area contributed by atoms with Crippen molar-refractivity contribution in [2.24, 2.45) is 0 Å². The van der Waals surface area contributed by atoms with E-state index in [0.717, 1.165) is 0 Å². The third-order valence-corrected chi connectivity index (χ3v) is 3.73. The number of nitro groups is 1. The van der Waals surface area contributed by atoms with Crippen molar-refractivity contribution in [2.75, 3.05) is 7.11 Å². The van der Waals surface area contributed by atoms with Crippen LogP contribution in [-0.4, -0.2) is 28.5 Å². The monoisotopic (exact) mass is 249 g/mol. The van der Waals surface area contributed by atoms with E-state index in [0.29, 0.717) is 21.0 Å². The van der Waals surface area contributed by atoms with Gasteiger partial charge in [-0.25, -0.2) is 4.79 Å². The van der Waals surface area contributed by atoms with Crippen LogP contribution in [0.5, 0.6) is 5.06 Å². The maximum absolute atomic E-state index is 10.5. The molecule has 15 heavy (non-hydrogen) atoms. The molecule has 1 atom stereocenters. The molecule has 0 saturated heterocycles. The normalized spacial score (nSPS) is 12.1. The van der Waals surface area contributed by atoms with Gasteiger partial charge in [0, 0.05) is 4.92 Å². The van der Waals surface area contributed by atoms with E-state index in [-0.39, 0.29) is 0 Å². The van der Waals surface area contributed by atoms with E-state index in [4.69, 9.17) is 9.84 Å². The number of carbonyl (C=O) groups is 1. The Bertz CT molecular complexity index is 363. The van der Waals surface area contributed by atoms with Gasteiger partial charge in [0.25, 0.3) is 0 Å². The lowest BCUT2D eigenvalue weighted by atomic mass is 10.6. The summed E-state index contributed by atoms with van der Waals surface area (Å²) < 4.78 is 5.42. The maximum Gasteiger partial charge on any atom is 0.390 e. The van der Waals surface area contributed by atoms with Gasteiger partial charge in [0.2, 0.25) is 0 Å². The number of rotatable bonds is 5. The molecule has 0 amide bonds. The van der Waals surface area contributed by atoms with E-state index in [1.165, 1.54) is 18.4 Å². The molecule has 1 aromatic rings. The minimum absolute atomic E-state index is 0.538. The van der Waals surface area contributed by atoms with Crippen LogP contribution >= 0.6 is 23.1 Å². The highest BCUT2D eigenvalue weighted by Crippen LogP contribution is 2.34. The van der Waals surface area contributed by atoms with Crippen molar-refractivity contribution < 1.29 is 19.6 Å². The largest absolute Gasteiger partial charge is 0.487 e. The van der Waals surface area contributed by atoms with Crippen LogP contribution in [0.1, 0.15) is 0 Å². The molecule has 0 fully saturated rings. The molecule has 8 heteroatoms. The molecule has 1 heterocycles. The fraction of sp³-hybridized carbons (Fsp3) is 0.286. The van der Waals surface area contributed by atoms with Gasteiger partial charge in [-0.1, -0.05) is 11.3 Å². The smallest absolute Gasteiger partial charge is 0.390 e. The summed E-state index contributed by atoms with van der Waals surface area (Å²) >= 11 is 1.85. The number of carboxylic acids is 1. The Labute approximate surface area is 93.0 Å². The molecule has 1 unspecified atom stereocenters. The minimum Gasteiger partial charge on any atom is -0.487 e. The summed E-state index contributed by atoms with van der Waals surface area (Å²) in [4.78, 5) is 20.1. The lowest BCUT2D eigenvalue weighted by Gasteiger charge is -2.01. The topological polar surface area (TPSA) is 89.7 Å². The predicted octanol–water partition coefficient (Wildman–Crippen LogP) is 1.54. The van der Waals surface area contributed by atoms with Gasteiger partial charge in [-0.15, -0.1) is 0 Å². The van der Waals surface area contributed by atoms with Gasteiger partial charge >= 0.3 is 11.3 Å². The summed E-state index contributed by atoms with van der Waals surface area (Å²) in [6, 6.07) is 3.22. The predicted molar refractivity (Wildman–Crippen MR) is 55.1 cm³/mol. The Hall–Kier alpha value is -1.28. The Morgan fingerprint density at radius 1 is 1.73 bits per heavy atom. The molecular weight excluding hydrogens is 242 g/mol. The number of nitrogens with zero attached hydrogens (tertiary/aromatic N) is 1. The summed E-state index contributed by atoms with van der Waals surface area (Å²) in [5.41, 5.74) is 0. The van der Waals surface area contributed by atoms with Crippen LogP contribution in [0, 0.1) is 10.1 Å². The zero-order chi connectivity index (χ0) is 11.4. The Kier molecular flexibility index (Phi) is 3.92. The molecule has 0 aliphatic rings. The zero-order valence-corrected chi connectivity index (χ0v) is 9.21. The molecule has 0 aliphatic heterocycles. The highest BCUT2D eigenvalue weighted by Gasteiger charge is 2.31. The van der Waals surface area contributed by atoms with E-state index in [1.54, 1.807) is 12.1 Å². The van der Waals surface area contributed by atoms with Gasteiger partial charge in [-0.05, 0) is 23.9 Å². The number of thiophene rings is 1. The van der Waals surface area contributed by atoms with Gasteiger partial charge in [0.15, 0.2) is 5.06 Å². The van der Waals surface area contributed by atoms with Crippen LogP contribution in [0.2, 0.25) is 0 Å². The molecule has 1 N–H and O–H groups in total. The van der Waals surface area contributed by atoms with Crippen LogP contribution in [0.4, 0.5) is 0 Å². The van der Waals surface area contributed by atoms with Crippen molar-refractivity contribution in [1.82, 2.24) is 0 Å². The number of carboxylic acid groups (broad SMARTS) is 1. The second-order valence-corrected chi connectivity index (χ2v) is 4.80. The first-order valence-corrected chi connectivity index (χ1v) is 5.41. The Balaban J connectivity index is 2.74. The van der Waals surface area contributed by atoms with E-state index in [9.17, 15) is 14.9 Å². The van der Waals surface area contributed by atoms with Crippen LogP contribution in [-0.2, 0) is 4.79 Å². The minimum atomic E-state index is -1.67. The van der Waals surface area contributed by atoms with Gasteiger partial charge < -0.3 is 9.84 Å². The number of thioether (sulfide) groups is 1. The van der Waals surface area contributed by atoms with Crippen molar-refractivity contribution in [3.8, 4) is 5.06 Å². The molecule has 0 bridgehead atoms. The van der Waals surface area contributed by atoms with Crippen molar-refractivity contribution in [3.05, 3.63) is 22.2 Å². The van der Waals surface area contributed by atoms with Crippen molar-refractivity contribution in [1.29, 1.82) is 0 Å². The molecule has 0 spiro atoms. The van der Waals surface area contributed by atoms with Gasteiger partial charge in [0.1, 0.15) is 0 Å². The molecular formula is C7H7NO5S2. The van der Waals surface area contributed by atoms with Crippen LogP contribution in [0.15, 0.2) is 16.3 Å². The number of aliphatic carboxylic acids is 1. The number of ether oxygens (including phenoxy) is 1. The summed E-state index contributed by atoms with van der Waals surface area (Å²) in [6.45, 7) is 0. The third kappa shape index (κ3) is 3.10. The van der Waals surface area contributed by atoms with Crippen molar-refractivity contribution >= 4 is 29.1 Å². The van der Waals surface area contributed by atoms with Gasteiger partial charge in [-0.2, -0.15) is 0 Å². The summed E-state index contributed by atoms with van der Waals surface area (Å²) in [6.07, 6.45) is 0. The zero-order valence-electron chi connectivity index (χ0n) is 7.58. The lowest BCUT2D eigenvalue weighted by Crippen LogP contribution is -2.25. The third-order valence-electron chi connectivity index (χ3n) is 1.39. The maximum atomic E-state index is 10.5. The van der Waals surface area contributed by atoms with Crippen molar-refractivity contribution in [3.63, 3.8) is 0 Å². The SMILES string of the molecule is COc1ccc(SC(C(=O)O)[N+](=O)[O-])s1. The average Bonchev–Trinajstić information content (AvgIpc) is 2.60. The number of hydrogen-bond donors (Lipinski definition) is 1. The standard InChI is InChI=1S/C7H7NO5S2/c1-13-4-2-3-5(14-4)15-6(7(9)10)8(11)12/h2-3,6H,1H3,(H,9,10). The molecule has 0 radical (unpaired) electrons. The molecule has 0 aromatic carbocycles. The molecule has 0 aliphatic carbocycles. The fourth-order valence-corrected chi connectivity index (χ4v) is 2.59. The first kappa shape index (κ1) is 11.8. The number of hydrogen-bond acceptors (Lipinski definition) is 6. The molecule has 0 saturated carbocycles. The Morgan fingerprint density at radius 2 is 2.40 bits per heavy atom. The molecule has 6 nitrogen and oxygen atoms in total. The van der Waals surface area contributed by atoms with Gasteiger partial charge in [-0.3, -0.25) is 10.1 Å². The quantitative estimate of drug-likeness (QED) is 0.368. The number of methoxy groups -OCH3 is 1. The van der Waals surface area contributed by atoms with Crippen LogP contribution in [0.25, 0.3) is 0 Å². The Morgan fingerprint density at radius 3 is 2.80 bits per heavy atom. The molecule has 1 aromatic heterocycles.